The zero-order valence-corrected chi connectivity index (χ0v) is 15.6. The van der Waals surface area contributed by atoms with Crippen LogP contribution in [0.4, 0.5) is 0 Å². The minimum atomic E-state index is -0.376. The van der Waals surface area contributed by atoms with Crippen molar-refractivity contribution < 1.29 is 14.8 Å². The van der Waals surface area contributed by atoms with Crippen molar-refractivity contribution in [3.8, 4) is 5.75 Å². The number of aryl methyl sites for hydroxylation is 1. The van der Waals surface area contributed by atoms with Crippen LogP contribution in [0.3, 0.4) is 0 Å². The van der Waals surface area contributed by atoms with E-state index < -0.39 is 0 Å². The number of aromatic hydroxyl groups is 1. The van der Waals surface area contributed by atoms with Crippen LogP contribution in [0.2, 0.25) is 0 Å². The van der Waals surface area contributed by atoms with Crippen LogP contribution in [0.1, 0.15) is 42.0 Å². The van der Waals surface area contributed by atoms with Crippen molar-refractivity contribution in [1.82, 2.24) is 0 Å². The van der Waals surface area contributed by atoms with Crippen LogP contribution in [0.5, 0.6) is 5.75 Å². The van der Waals surface area contributed by atoms with Crippen molar-refractivity contribution in [1.29, 1.82) is 0 Å². The van der Waals surface area contributed by atoms with E-state index in [9.17, 15) is 9.90 Å². The van der Waals surface area contributed by atoms with Gasteiger partial charge in [-0.1, -0.05) is 38.1 Å². The zero-order chi connectivity index (χ0) is 18.7. The summed E-state index contributed by atoms with van der Waals surface area (Å²) in [5, 5.41) is 12.9. The van der Waals surface area contributed by atoms with Gasteiger partial charge in [0.15, 0.2) is 0 Å². The van der Waals surface area contributed by atoms with Crippen molar-refractivity contribution in [2.45, 2.75) is 39.7 Å². The molecule has 0 radical (unpaired) electrons. The molecule has 0 amide bonds. The van der Waals surface area contributed by atoms with Gasteiger partial charge in [-0.3, -0.25) is 0 Å². The van der Waals surface area contributed by atoms with Crippen LogP contribution >= 0.6 is 0 Å². The highest BCUT2D eigenvalue weighted by molar-refractivity contribution is 5.84. The van der Waals surface area contributed by atoms with E-state index in [4.69, 9.17) is 4.42 Å². The Hall–Kier alpha value is -2.59. The molecule has 0 unspecified atom stereocenters. The second-order valence-electron chi connectivity index (χ2n) is 7.10. The molecule has 0 spiro atoms. The minimum Gasteiger partial charge on any atom is -0.508 e. The standard InChI is InChI=1S/C22H25NO3/c1-14(2)17-6-4-16(5-7-17)10-11-23-13-18-12-21(25)26-22-15(3)20(24)9-8-19(18)22/h4-9,12,14,23-24H,10-11,13H2,1-3H3/p+1. The van der Waals surface area contributed by atoms with Gasteiger partial charge in [0.1, 0.15) is 17.9 Å². The molecule has 0 bridgehead atoms. The maximum absolute atomic E-state index is 11.8. The number of nitrogens with two attached hydrogens (primary N) is 1. The fourth-order valence-electron chi connectivity index (χ4n) is 3.18. The monoisotopic (exact) mass is 352 g/mol. The maximum atomic E-state index is 11.8. The van der Waals surface area contributed by atoms with Crippen LogP contribution in [0, 0.1) is 6.92 Å². The molecular formula is C22H26NO3+. The highest BCUT2D eigenvalue weighted by atomic mass is 16.4. The largest absolute Gasteiger partial charge is 0.508 e. The third-order valence-electron chi connectivity index (χ3n) is 4.87. The van der Waals surface area contributed by atoms with Gasteiger partial charge in [-0.2, -0.15) is 0 Å². The van der Waals surface area contributed by atoms with Crippen LogP contribution < -0.4 is 10.9 Å². The summed E-state index contributed by atoms with van der Waals surface area (Å²) in [6, 6.07) is 13.8. The number of fused-ring (bicyclic) bond motifs is 1. The molecule has 0 saturated heterocycles. The molecule has 3 N–H and O–H groups in total. The predicted octanol–water partition coefficient (Wildman–Crippen LogP) is 3.24. The van der Waals surface area contributed by atoms with Gasteiger partial charge < -0.3 is 14.8 Å². The van der Waals surface area contributed by atoms with Gasteiger partial charge >= 0.3 is 5.63 Å². The summed E-state index contributed by atoms with van der Waals surface area (Å²) in [5.41, 5.74) is 4.33. The SMILES string of the molecule is Cc1c(O)ccc2c(C[NH2+]CCc3ccc(C(C)C)cc3)cc(=O)oc12. The Kier molecular flexibility index (Phi) is 5.43. The quantitative estimate of drug-likeness (QED) is 0.529. The van der Waals surface area contributed by atoms with Crippen molar-refractivity contribution in [2.24, 2.45) is 0 Å². The number of phenols is 1. The molecule has 4 heteroatoms. The molecule has 1 aromatic heterocycles. The molecule has 0 atom stereocenters. The third-order valence-corrected chi connectivity index (χ3v) is 4.87. The van der Waals surface area contributed by atoms with Crippen molar-refractivity contribution >= 4 is 11.0 Å². The van der Waals surface area contributed by atoms with E-state index in [0.717, 1.165) is 23.9 Å². The van der Waals surface area contributed by atoms with Gasteiger partial charge in [0.2, 0.25) is 0 Å². The van der Waals surface area contributed by atoms with Crippen LogP contribution in [-0.2, 0) is 13.0 Å². The Morgan fingerprint density at radius 3 is 2.54 bits per heavy atom. The number of rotatable bonds is 6. The lowest BCUT2D eigenvalue weighted by Gasteiger charge is -2.08. The lowest BCUT2D eigenvalue weighted by atomic mass is 10.0. The van der Waals surface area contributed by atoms with Crippen molar-refractivity contribution in [3.63, 3.8) is 0 Å². The normalized spacial score (nSPS) is 11.4. The van der Waals surface area contributed by atoms with E-state index in [1.807, 2.05) is 6.07 Å². The summed E-state index contributed by atoms with van der Waals surface area (Å²) in [6.07, 6.45) is 0.984. The van der Waals surface area contributed by atoms with Gasteiger partial charge in [0.05, 0.1) is 6.54 Å². The summed E-state index contributed by atoms with van der Waals surface area (Å²) >= 11 is 0. The third kappa shape index (κ3) is 3.97. The first kappa shape index (κ1) is 18.2. The summed E-state index contributed by atoms with van der Waals surface area (Å²) in [7, 11) is 0. The lowest BCUT2D eigenvalue weighted by molar-refractivity contribution is -0.670. The van der Waals surface area contributed by atoms with E-state index in [1.165, 1.54) is 11.1 Å². The first-order valence-corrected chi connectivity index (χ1v) is 9.11. The molecule has 0 saturated carbocycles. The molecule has 0 aliphatic heterocycles. The second kappa shape index (κ2) is 7.75. The molecular weight excluding hydrogens is 326 g/mol. The first-order valence-electron chi connectivity index (χ1n) is 9.11. The van der Waals surface area contributed by atoms with Gasteiger partial charge in [0.25, 0.3) is 0 Å². The lowest BCUT2D eigenvalue weighted by Crippen LogP contribution is -2.83. The molecule has 1 heterocycles. The Morgan fingerprint density at radius 2 is 1.85 bits per heavy atom. The van der Waals surface area contributed by atoms with Gasteiger partial charge in [-0.05, 0) is 36.1 Å². The van der Waals surface area contributed by atoms with Gasteiger partial charge in [0, 0.05) is 29.0 Å². The Bertz CT molecular complexity index is 956. The summed E-state index contributed by atoms with van der Waals surface area (Å²) in [4.78, 5) is 11.8. The maximum Gasteiger partial charge on any atom is 0.336 e. The fraction of sp³-hybridized carbons (Fsp3) is 0.318. The average Bonchev–Trinajstić information content (AvgIpc) is 2.62. The minimum absolute atomic E-state index is 0.145. The van der Waals surface area contributed by atoms with Crippen molar-refractivity contribution in [3.05, 3.63) is 75.1 Å². The van der Waals surface area contributed by atoms with E-state index in [2.05, 4.69) is 43.4 Å². The van der Waals surface area contributed by atoms with Gasteiger partial charge in [-0.15, -0.1) is 0 Å². The van der Waals surface area contributed by atoms with E-state index >= 15 is 0 Å². The zero-order valence-electron chi connectivity index (χ0n) is 15.6. The smallest absolute Gasteiger partial charge is 0.336 e. The Balaban J connectivity index is 1.66. The van der Waals surface area contributed by atoms with Gasteiger partial charge in [-0.25, -0.2) is 4.79 Å². The Morgan fingerprint density at radius 1 is 1.12 bits per heavy atom. The fourth-order valence-corrected chi connectivity index (χ4v) is 3.18. The molecule has 0 fully saturated rings. The number of quaternary nitrogens is 1. The average molecular weight is 352 g/mol. The highest BCUT2D eigenvalue weighted by Gasteiger charge is 2.11. The summed E-state index contributed by atoms with van der Waals surface area (Å²) < 4.78 is 5.29. The van der Waals surface area contributed by atoms with Crippen molar-refractivity contribution in [2.75, 3.05) is 6.54 Å². The molecule has 0 aliphatic rings. The van der Waals surface area contributed by atoms with Crippen LogP contribution in [0.25, 0.3) is 11.0 Å². The topological polar surface area (TPSA) is 67.1 Å². The van der Waals surface area contributed by atoms with E-state index in [-0.39, 0.29) is 11.4 Å². The van der Waals surface area contributed by atoms with Crippen LogP contribution in [-0.4, -0.2) is 11.7 Å². The Labute approximate surface area is 153 Å². The second-order valence-corrected chi connectivity index (χ2v) is 7.10. The number of benzene rings is 2. The molecule has 136 valence electrons. The number of hydrogen-bond acceptors (Lipinski definition) is 3. The highest BCUT2D eigenvalue weighted by Crippen LogP contribution is 2.26. The number of hydrogen-bond donors (Lipinski definition) is 2. The summed E-state index contributed by atoms with van der Waals surface area (Å²) in [6.45, 7) is 7.81. The predicted molar refractivity (Wildman–Crippen MR) is 104 cm³/mol. The molecule has 2 aromatic carbocycles. The molecule has 0 aliphatic carbocycles. The number of phenolic OH excluding ortho intramolecular Hbond substituents is 1. The first-order chi connectivity index (χ1) is 12.5. The molecule has 26 heavy (non-hydrogen) atoms. The summed E-state index contributed by atoms with van der Waals surface area (Å²) in [5.74, 6) is 0.697. The van der Waals surface area contributed by atoms with E-state index in [1.54, 1.807) is 19.1 Å². The molecule has 3 aromatic rings. The van der Waals surface area contributed by atoms with E-state index in [0.29, 0.717) is 23.6 Å². The molecule has 3 rings (SSSR count). The van der Waals surface area contributed by atoms with Crippen LogP contribution in [0.15, 0.2) is 51.7 Å². The molecule has 4 nitrogen and oxygen atoms in total.